The lowest BCUT2D eigenvalue weighted by atomic mass is 9.77. The van der Waals surface area contributed by atoms with Crippen LogP contribution >= 0.6 is 0 Å². The molecule has 0 fully saturated rings. The number of aliphatic carboxylic acids is 1. The second-order valence-electron chi connectivity index (χ2n) is 10.4. The van der Waals surface area contributed by atoms with Crippen molar-refractivity contribution in [3.63, 3.8) is 0 Å². The molecule has 2 aromatic heterocycles. The van der Waals surface area contributed by atoms with Gasteiger partial charge in [0.05, 0.1) is 16.7 Å². The standard InChI is InChI=1S/C32H28N6O5/c1-19-5-6-20(16-26(19)37-29(41)24-17-32(2,30(42)43)13-11-27(24)39)28(40)35-22-7-9-23(10-8-22)36-31-34-15-12-25(38-31)21-4-3-14-33-18-21/h3-10,12,14-18H,11,13H2,1-2H3,(H,35,40)(H,37,41)(H,42,43)(H,34,36,38). The Morgan fingerprint density at radius 1 is 0.930 bits per heavy atom. The average molecular weight is 577 g/mol. The summed E-state index contributed by atoms with van der Waals surface area (Å²) in [6.07, 6.45) is 6.37. The number of carboxylic acids is 1. The van der Waals surface area contributed by atoms with Crippen LogP contribution in [0.25, 0.3) is 11.3 Å². The number of carbonyl (C=O) groups excluding carboxylic acids is 3. The van der Waals surface area contributed by atoms with Gasteiger partial charge in [-0.25, -0.2) is 9.97 Å². The zero-order valence-electron chi connectivity index (χ0n) is 23.4. The number of anilines is 4. The van der Waals surface area contributed by atoms with Crippen molar-refractivity contribution in [2.24, 2.45) is 5.41 Å². The van der Waals surface area contributed by atoms with Crippen molar-refractivity contribution in [3.8, 4) is 11.3 Å². The third kappa shape index (κ3) is 6.62. The zero-order valence-corrected chi connectivity index (χ0v) is 23.4. The minimum absolute atomic E-state index is 0.0391. The fraction of sp³-hybridized carbons (Fsp3) is 0.156. The fourth-order valence-electron chi connectivity index (χ4n) is 4.49. The van der Waals surface area contributed by atoms with Gasteiger partial charge in [0.15, 0.2) is 5.78 Å². The number of ketones is 1. The molecule has 0 bridgehead atoms. The number of carbonyl (C=O) groups is 4. The maximum absolute atomic E-state index is 13.0. The molecule has 11 heteroatoms. The third-order valence-corrected chi connectivity index (χ3v) is 7.13. The summed E-state index contributed by atoms with van der Waals surface area (Å²) in [5, 5.41) is 18.2. The molecule has 1 aliphatic rings. The average Bonchev–Trinajstić information content (AvgIpc) is 3.01. The lowest BCUT2D eigenvalue weighted by Crippen LogP contribution is -2.34. The predicted octanol–water partition coefficient (Wildman–Crippen LogP) is 5.16. The Labute approximate surface area is 247 Å². The number of nitrogens with zero attached hydrogens (tertiary/aromatic N) is 3. The molecule has 216 valence electrons. The van der Waals surface area contributed by atoms with Crippen molar-refractivity contribution in [2.45, 2.75) is 26.7 Å². The summed E-state index contributed by atoms with van der Waals surface area (Å²) in [5.74, 6) is -2.24. The molecule has 4 N–H and O–H groups in total. The predicted molar refractivity (Wildman–Crippen MR) is 161 cm³/mol. The SMILES string of the molecule is Cc1ccc(C(=O)Nc2ccc(Nc3nccc(-c4cccnc4)n3)cc2)cc1NC(=O)C1=CC(C)(C(=O)O)CCC1=O. The third-order valence-electron chi connectivity index (χ3n) is 7.13. The number of rotatable bonds is 8. The molecular formula is C32H28N6O5. The van der Waals surface area contributed by atoms with E-state index in [4.69, 9.17) is 0 Å². The van der Waals surface area contributed by atoms with Gasteiger partial charge in [-0.05, 0) is 80.4 Å². The number of aryl methyl sites for hydroxylation is 1. The number of nitrogens with one attached hydrogen (secondary N) is 3. The normalized spacial score (nSPS) is 16.1. The first-order chi connectivity index (χ1) is 20.6. The van der Waals surface area contributed by atoms with Crippen molar-refractivity contribution >= 4 is 46.6 Å². The van der Waals surface area contributed by atoms with Crippen LogP contribution in [0.5, 0.6) is 0 Å². The highest BCUT2D eigenvalue weighted by Crippen LogP contribution is 2.33. The molecule has 0 radical (unpaired) electrons. The van der Waals surface area contributed by atoms with Crippen LogP contribution in [-0.4, -0.2) is 43.6 Å². The number of Topliss-reactive ketones (excluding diaryl/α,β-unsaturated/α-hetero) is 1. The smallest absolute Gasteiger partial charge is 0.313 e. The van der Waals surface area contributed by atoms with E-state index in [1.54, 1.807) is 68.0 Å². The van der Waals surface area contributed by atoms with Gasteiger partial charge >= 0.3 is 5.97 Å². The van der Waals surface area contributed by atoms with Crippen molar-refractivity contribution in [1.82, 2.24) is 15.0 Å². The van der Waals surface area contributed by atoms with Gasteiger partial charge in [-0.3, -0.25) is 24.2 Å². The van der Waals surface area contributed by atoms with Gasteiger partial charge in [0.2, 0.25) is 5.95 Å². The highest BCUT2D eigenvalue weighted by molar-refractivity contribution is 6.24. The van der Waals surface area contributed by atoms with Crippen LogP contribution in [0.4, 0.5) is 23.0 Å². The van der Waals surface area contributed by atoms with Crippen molar-refractivity contribution < 1.29 is 24.3 Å². The van der Waals surface area contributed by atoms with Gasteiger partial charge in [0.25, 0.3) is 11.8 Å². The van der Waals surface area contributed by atoms with E-state index >= 15 is 0 Å². The molecule has 0 spiro atoms. The molecule has 1 unspecified atom stereocenters. The highest BCUT2D eigenvalue weighted by Gasteiger charge is 2.38. The van der Waals surface area contributed by atoms with Gasteiger partial charge in [-0.15, -0.1) is 0 Å². The van der Waals surface area contributed by atoms with E-state index in [2.05, 4.69) is 30.9 Å². The fourth-order valence-corrected chi connectivity index (χ4v) is 4.49. The van der Waals surface area contributed by atoms with E-state index < -0.39 is 29.0 Å². The monoisotopic (exact) mass is 576 g/mol. The summed E-state index contributed by atoms with van der Waals surface area (Å²) in [6, 6.07) is 17.3. The Bertz CT molecular complexity index is 1750. The Kier molecular flexibility index (Phi) is 8.06. The van der Waals surface area contributed by atoms with Crippen molar-refractivity contribution in [2.75, 3.05) is 16.0 Å². The highest BCUT2D eigenvalue weighted by atomic mass is 16.4. The van der Waals surface area contributed by atoms with Crippen LogP contribution in [0.2, 0.25) is 0 Å². The van der Waals surface area contributed by atoms with Gasteiger partial charge in [0.1, 0.15) is 0 Å². The summed E-state index contributed by atoms with van der Waals surface area (Å²) >= 11 is 0. The minimum atomic E-state index is -1.31. The summed E-state index contributed by atoms with van der Waals surface area (Å²) in [4.78, 5) is 62.9. The van der Waals surface area contributed by atoms with Gasteiger partial charge < -0.3 is 21.1 Å². The minimum Gasteiger partial charge on any atom is -0.481 e. The molecule has 0 saturated heterocycles. The second-order valence-corrected chi connectivity index (χ2v) is 10.4. The molecule has 4 aromatic rings. The summed E-state index contributed by atoms with van der Waals surface area (Å²) in [7, 11) is 0. The number of benzene rings is 2. The van der Waals surface area contributed by atoms with Gasteiger partial charge in [0, 0.05) is 53.2 Å². The van der Waals surface area contributed by atoms with Gasteiger partial charge in [-0.2, -0.15) is 0 Å². The maximum atomic E-state index is 13.0. The number of amides is 2. The number of carboxylic acid groups (broad SMARTS) is 1. The molecule has 1 aliphatic carbocycles. The van der Waals surface area contributed by atoms with E-state index in [1.165, 1.54) is 19.1 Å². The van der Waals surface area contributed by atoms with Crippen molar-refractivity contribution in [3.05, 3.63) is 102 Å². The molecule has 2 amide bonds. The molecule has 2 heterocycles. The maximum Gasteiger partial charge on any atom is 0.313 e. The molecule has 11 nitrogen and oxygen atoms in total. The largest absolute Gasteiger partial charge is 0.481 e. The Morgan fingerprint density at radius 3 is 2.42 bits per heavy atom. The lowest BCUT2D eigenvalue weighted by Gasteiger charge is -2.26. The van der Waals surface area contributed by atoms with Crippen LogP contribution < -0.4 is 16.0 Å². The Morgan fingerprint density at radius 2 is 1.70 bits per heavy atom. The quantitative estimate of drug-likeness (QED) is 0.207. The second kappa shape index (κ2) is 12.0. The topological polar surface area (TPSA) is 163 Å². The zero-order chi connectivity index (χ0) is 30.6. The van der Waals surface area contributed by atoms with E-state index in [0.717, 1.165) is 11.3 Å². The van der Waals surface area contributed by atoms with Crippen LogP contribution in [-0.2, 0) is 14.4 Å². The molecular weight excluding hydrogens is 548 g/mol. The number of pyridine rings is 1. The van der Waals surface area contributed by atoms with Crippen LogP contribution in [0.3, 0.4) is 0 Å². The molecule has 43 heavy (non-hydrogen) atoms. The lowest BCUT2D eigenvalue weighted by molar-refractivity contribution is -0.146. The number of aromatic nitrogens is 3. The first kappa shape index (κ1) is 28.8. The van der Waals surface area contributed by atoms with Crippen LogP contribution in [0, 0.1) is 12.3 Å². The molecule has 2 aromatic carbocycles. The summed E-state index contributed by atoms with van der Waals surface area (Å²) in [5.41, 5.74) is 2.62. The van der Waals surface area contributed by atoms with Gasteiger partial charge in [-0.1, -0.05) is 12.1 Å². The number of hydrogen-bond donors (Lipinski definition) is 4. The van der Waals surface area contributed by atoms with Crippen LogP contribution in [0.1, 0.15) is 35.7 Å². The summed E-state index contributed by atoms with van der Waals surface area (Å²) < 4.78 is 0. The summed E-state index contributed by atoms with van der Waals surface area (Å²) in [6.45, 7) is 3.22. The first-order valence-electron chi connectivity index (χ1n) is 13.4. The molecule has 0 saturated carbocycles. The molecule has 1 atom stereocenters. The van der Waals surface area contributed by atoms with E-state index in [-0.39, 0.29) is 24.0 Å². The van der Waals surface area contributed by atoms with Crippen LogP contribution in [0.15, 0.2) is 90.9 Å². The first-order valence-corrected chi connectivity index (χ1v) is 13.4. The van der Waals surface area contributed by atoms with E-state index in [1.807, 2.05) is 12.1 Å². The van der Waals surface area contributed by atoms with Crippen molar-refractivity contribution in [1.29, 1.82) is 0 Å². The Hall–Kier alpha value is -5.71. The van der Waals surface area contributed by atoms with E-state index in [0.29, 0.717) is 28.6 Å². The molecule has 0 aliphatic heterocycles. The van der Waals surface area contributed by atoms with E-state index in [9.17, 15) is 24.3 Å². The number of hydrogen-bond acceptors (Lipinski definition) is 8. The molecule has 5 rings (SSSR count). The Balaban J connectivity index is 1.25.